The summed E-state index contributed by atoms with van der Waals surface area (Å²) in [6.07, 6.45) is 0. The van der Waals surface area contributed by atoms with E-state index < -0.39 is 5.25 Å². The highest BCUT2D eigenvalue weighted by molar-refractivity contribution is 8.00. The molecule has 0 aliphatic rings. The lowest BCUT2D eigenvalue weighted by molar-refractivity contribution is -0.115. The number of anilines is 1. The lowest BCUT2D eigenvalue weighted by Gasteiger charge is -2.12. The number of benzene rings is 2. The Hall–Kier alpha value is -2.74. The molecule has 0 saturated carbocycles. The van der Waals surface area contributed by atoms with Crippen LogP contribution in [0.3, 0.4) is 0 Å². The normalized spacial score (nSPS) is 12.0. The Bertz CT molecular complexity index is 972. The summed E-state index contributed by atoms with van der Waals surface area (Å²) in [4.78, 5) is 12.4. The summed E-state index contributed by atoms with van der Waals surface area (Å²) >= 11 is 1.23. The molecule has 27 heavy (non-hydrogen) atoms. The highest BCUT2D eigenvalue weighted by Gasteiger charge is 2.20. The van der Waals surface area contributed by atoms with Crippen molar-refractivity contribution in [3.63, 3.8) is 0 Å². The molecule has 140 valence electrons. The largest absolute Gasteiger partial charge is 0.325 e. The van der Waals surface area contributed by atoms with Gasteiger partial charge < -0.3 is 9.88 Å². The van der Waals surface area contributed by atoms with Gasteiger partial charge in [-0.2, -0.15) is 0 Å². The van der Waals surface area contributed by atoms with Gasteiger partial charge in [0.05, 0.1) is 5.25 Å². The van der Waals surface area contributed by atoms with Crippen molar-refractivity contribution < 1.29 is 13.6 Å². The van der Waals surface area contributed by atoms with E-state index >= 15 is 0 Å². The molecular weight excluding hydrogens is 370 g/mol. The number of halogens is 2. The SMILES string of the molecule is Cc1ccc(NC(=O)[C@H](C)Sc2nnc(-c3ccc(F)cc3)n2C)cc1F. The maximum Gasteiger partial charge on any atom is 0.237 e. The average molecular weight is 388 g/mol. The Morgan fingerprint density at radius 3 is 2.52 bits per heavy atom. The van der Waals surface area contributed by atoms with E-state index in [2.05, 4.69) is 15.5 Å². The molecule has 0 aliphatic heterocycles. The standard InChI is InChI=1S/C19H18F2N4OS/c1-11-4-9-15(10-16(11)21)22-18(26)12(2)27-19-24-23-17(25(19)3)13-5-7-14(20)8-6-13/h4-10,12H,1-3H3,(H,22,26)/t12-/m0/s1. The number of rotatable bonds is 5. The average Bonchev–Trinajstić information content (AvgIpc) is 2.99. The minimum absolute atomic E-state index is 0.269. The molecule has 2 aromatic carbocycles. The van der Waals surface area contributed by atoms with Gasteiger partial charge in [0.1, 0.15) is 11.6 Å². The van der Waals surface area contributed by atoms with Gasteiger partial charge in [-0.15, -0.1) is 10.2 Å². The monoisotopic (exact) mass is 388 g/mol. The van der Waals surface area contributed by atoms with Crippen LogP contribution in [0.15, 0.2) is 47.6 Å². The van der Waals surface area contributed by atoms with Gasteiger partial charge in [-0.3, -0.25) is 4.79 Å². The fourth-order valence-corrected chi connectivity index (χ4v) is 3.21. The van der Waals surface area contributed by atoms with Gasteiger partial charge in [0.25, 0.3) is 0 Å². The van der Waals surface area contributed by atoms with Crippen molar-refractivity contribution in [2.24, 2.45) is 7.05 Å². The second-order valence-electron chi connectivity index (χ2n) is 6.09. The molecule has 5 nitrogen and oxygen atoms in total. The van der Waals surface area contributed by atoms with E-state index in [9.17, 15) is 13.6 Å². The Morgan fingerprint density at radius 2 is 1.85 bits per heavy atom. The summed E-state index contributed by atoms with van der Waals surface area (Å²) in [6.45, 7) is 3.39. The molecule has 0 unspecified atom stereocenters. The maximum atomic E-state index is 13.6. The zero-order valence-electron chi connectivity index (χ0n) is 15.0. The number of nitrogens with zero attached hydrogens (tertiary/aromatic N) is 3. The first-order valence-electron chi connectivity index (χ1n) is 8.24. The van der Waals surface area contributed by atoms with Gasteiger partial charge in [-0.1, -0.05) is 17.8 Å². The summed E-state index contributed by atoms with van der Waals surface area (Å²) in [7, 11) is 1.78. The molecule has 0 saturated heterocycles. The van der Waals surface area contributed by atoms with E-state index in [1.807, 2.05) is 0 Å². The van der Waals surface area contributed by atoms with Crippen LogP contribution in [0.4, 0.5) is 14.5 Å². The minimum Gasteiger partial charge on any atom is -0.325 e. The molecule has 1 N–H and O–H groups in total. The summed E-state index contributed by atoms with van der Waals surface area (Å²) in [5.41, 5.74) is 1.65. The van der Waals surface area contributed by atoms with Crippen LogP contribution in [0.1, 0.15) is 12.5 Å². The van der Waals surface area contributed by atoms with Crippen LogP contribution in [0.5, 0.6) is 0 Å². The second-order valence-corrected chi connectivity index (χ2v) is 7.39. The minimum atomic E-state index is -0.474. The lowest BCUT2D eigenvalue weighted by atomic mass is 10.2. The van der Waals surface area contributed by atoms with Crippen molar-refractivity contribution in [3.8, 4) is 11.4 Å². The topological polar surface area (TPSA) is 59.8 Å². The van der Waals surface area contributed by atoms with E-state index in [4.69, 9.17) is 0 Å². The molecule has 0 spiro atoms. The highest BCUT2D eigenvalue weighted by Crippen LogP contribution is 2.26. The molecule has 3 rings (SSSR count). The number of hydrogen-bond donors (Lipinski definition) is 1. The molecule has 0 aliphatic carbocycles. The van der Waals surface area contributed by atoms with Crippen LogP contribution in [0.25, 0.3) is 11.4 Å². The third kappa shape index (κ3) is 4.33. The third-order valence-corrected chi connectivity index (χ3v) is 5.16. The number of thioether (sulfide) groups is 1. The quantitative estimate of drug-likeness (QED) is 0.666. The predicted molar refractivity (Wildman–Crippen MR) is 101 cm³/mol. The Labute approximate surface area is 159 Å². The van der Waals surface area contributed by atoms with Crippen molar-refractivity contribution in [2.45, 2.75) is 24.3 Å². The molecule has 3 aromatic rings. The van der Waals surface area contributed by atoms with Crippen molar-refractivity contribution in [1.82, 2.24) is 14.8 Å². The number of nitrogens with one attached hydrogen (secondary N) is 1. The summed E-state index contributed by atoms with van der Waals surface area (Å²) < 4.78 is 28.4. The lowest BCUT2D eigenvalue weighted by Crippen LogP contribution is -2.23. The first kappa shape index (κ1) is 19.0. The maximum absolute atomic E-state index is 13.6. The van der Waals surface area contributed by atoms with Gasteiger partial charge >= 0.3 is 0 Å². The van der Waals surface area contributed by atoms with Crippen molar-refractivity contribution in [3.05, 3.63) is 59.7 Å². The van der Waals surface area contributed by atoms with Gasteiger partial charge in [0.15, 0.2) is 11.0 Å². The molecule has 1 amide bonds. The smallest absolute Gasteiger partial charge is 0.237 e. The van der Waals surface area contributed by atoms with Crippen LogP contribution >= 0.6 is 11.8 Å². The summed E-state index contributed by atoms with van der Waals surface area (Å²) in [5.74, 6) is -0.390. The molecule has 1 atom stereocenters. The van der Waals surface area contributed by atoms with Gasteiger partial charge in [-0.05, 0) is 55.8 Å². The molecule has 8 heteroatoms. The van der Waals surface area contributed by atoms with Gasteiger partial charge in [-0.25, -0.2) is 8.78 Å². The Morgan fingerprint density at radius 1 is 1.15 bits per heavy atom. The number of amides is 1. The Balaban J connectivity index is 1.70. The van der Waals surface area contributed by atoms with Crippen molar-refractivity contribution >= 4 is 23.4 Å². The molecule has 0 bridgehead atoms. The van der Waals surface area contributed by atoms with Crippen LogP contribution in [-0.4, -0.2) is 25.9 Å². The molecule has 0 fully saturated rings. The predicted octanol–water partition coefficient (Wildman–Crippen LogP) is 4.19. The summed E-state index contributed by atoms with van der Waals surface area (Å²) in [5, 5.41) is 11.0. The van der Waals surface area contributed by atoms with Crippen LogP contribution < -0.4 is 5.32 Å². The zero-order chi connectivity index (χ0) is 19.6. The first-order valence-corrected chi connectivity index (χ1v) is 9.12. The summed E-state index contributed by atoms with van der Waals surface area (Å²) in [6, 6.07) is 10.5. The number of hydrogen-bond acceptors (Lipinski definition) is 4. The van der Waals surface area contributed by atoms with Crippen molar-refractivity contribution in [1.29, 1.82) is 0 Å². The van der Waals surface area contributed by atoms with E-state index in [0.29, 0.717) is 22.2 Å². The Kier molecular flexibility index (Phi) is 5.55. The van der Waals surface area contributed by atoms with Crippen LogP contribution in [0, 0.1) is 18.6 Å². The second kappa shape index (κ2) is 7.87. The number of carbonyl (C=O) groups is 1. The van der Waals surface area contributed by atoms with E-state index in [1.54, 1.807) is 49.7 Å². The zero-order valence-corrected chi connectivity index (χ0v) is 15.8. The number of aryl methyl sites for hydroxylation is 1. The fraction of sp³-hybridized carbons (Fsp3) is 0.211. The van der Waals surface area contributed by atoms with Gasteiger partial charge in [0, 0.05) is 18.3 Å². The van der Waals surface area contributed by atoms with E-state index in [-0.39, 0.29) is 17.5 Å². The molecule has 1 aromatic heterocycles. The third-order valence-electron chi connectivity index (χ3n) is 4.03. The fourth-order valence-electron chi connectivity index (χ4n) is 2.39. The van der Waals surface area contributed by atoms with E-state index in [0.717, 1.165) is 5.56 Å². The van der Waals surface area contributed by atoms with Crippen LogP contribution in [0.2, 0.25) is 0 Å². The highest BCUT2D eigenvalue weighted by atomic mass is 32.2. The number of aromatic nitrogens is 3. The molecular formula is C19H18F2N4OS. The first-order chi connectivity index (χ1) is 12.8. The van der Waals surface area contributed by atoms with Crippen LogP contribution in [-0.2, 0) is 11.8 Å². The van der Waals surface area contributed by atoms with E-state index in [1.165, 1.54) is 30.0 Å². The molecule has 1 heterocycles. The molecule has 0 radical (unpaired) electrons. The number of carbonyl (C=O) groups excluding carboxylic acids is 1. The van der Waals surface area contributed by atoms with Crippen molar-refractivity contribution in [2.75, 3.05) is 5.32 Å². The van der Waals surface area contributed by atoms with Gasteiger partial charge in [0.2, 0.25) is 5.91 Å².